The van der Waals surface area contributed by atoms with Gasteiger partial charge >= 0.3 is 0 Å². The van der Waals surface area contributed by atoms with Gasteiger partial charge in [-0.15, -0.1) is 0 Å². The van der Waals surface area contributed by atoms with Crippen molar-refractivity contribution in [2.75, 3.05) is 13.2 Å². The van der Waals surface area contributed by atoms with Crippen LogP contribution in [0, 0.1) is 0 Å². The lowest BCUT2D eigenvalue weighted by molar-refractivity contribution is 0.0825. The van der Waals surface area contributed by atoms with Crippen molar-refractivity contribution in [1.82, 2.24) is 14.9 Å². The summed E-state index contributed by atoms with van der Waals surface area (Å²) < 4.78 is 2.00. The first-order valence-corrected chi connectivity index (χ1v) is 6.88. The Morgan fingerprint density at radius 3 is 2.85 bits per heavy atom. The Kier molecular flexibility index (Phi) is 3.56. The fourth-order valence-corrected chi connectivity index (χ4v) is 2.76. The lowest BCUT2D eigenvalue weighted by Crippen LogP contribution is -2.24. The van der Waals surface area contributed by atoms with Crippen molar-refractivity contribution in [3.8, 4) is 0 Å². The van der Waals surface area contributed by atoms with Gasteiger partial charge in [0.05, 0.1) is 24.8 Å². The molecular formula is C15H19N3O2. The summed E-state index contributed by atoms with van der Waals surface area (Å²) >= 11 is 0. The van der Waals surface area contributed by atoms with Gasteiger partial charge in [-0.05, 0) is 11.1 Å². The maximum absolute atomic E-state index is 10.9. The quantitative estimate of drug-likeness (QED) is 0.698. The molecule has 0 bridgehead atoms. The van der Waals surface area contributed by atoms with E-state index in [1.165, 1.54) is 0 Å². The van der Waals surface area contributed by atoms with Crippen molar-refractivity contribution in [3.63, 3.8) is 0 Å². The largest absolute Gasteiger partial charge is 0.395 e. The van der Waals surface area contributed by atoms with E-state index in [2.05, 4.69) is 10.3 Å². The minimum absolute atomic E-state index is 0.141. The number of hydrogen-bond donors (Lipinski definition) is 3. The number of fused-ring (bicyclic) bond motifs is 1. The number of aliphatic hydroxyl groups excluding tert-OH is 1. The molecule has 2 aromatic rings. The summed E-state index contributed by atoms with van der Waals surface area (Å²) in [4.78, 5) is 4.10. The van der Waals surface area contributed by atoms with Gasteiger partial charge in [-0.25, -0.2) is 4.98 Å². The van der Waals surface area contributed by atoms with Crippen LogP contribution in [0.3, 0.4) is 0 Å². The van der Waals surface area contributed by atoms with Crippen molar-refractivity contribution in [2.45, 2.75) is 25.1 Å². The van der Waals surface area contributed by atoms with E-state index in [1.807, 2.05) is 28.8 Å². The highest BCUT2D eigenvalue weighted by atomic mass is 16.3. The van der Waals surface area contributed by atoms with Crippen LogP contribution < -0.4 is 5.32 Å². The Balaban J connectivity index is 1.78. The van der Waals surface area contributed by atoms with E-state index >= 15 is 0 Å². The normalized spacial score (nSPS) is 21.1. The van der Waals surface area contributed by atoms with Gasteiger partial charge < -0.3 is 20.1 Å². The van der Waals surface area contributed by atoms with Crippen molar-refractivity contribution in [1.29, 1.82) is 0 Å². The molecule has 1 aliphatic heterocycles. The SMILES string of the molecule is OCCNCc1ccc(C2(O)CCn3cncc32)cc1. The average molecular weight is 273 g/mol. The van der Waals surface area contributed by atoms with Gasteiger partial charge in [0.25, 0.3) is 0 Å². The number of aryl methyl sites for hydroxylation is 1. The minimum Gasteiger partial charge on any atom is -0.395 e. The standard InChI is InChI=1S/C15H19N3O2/c19-8-6-16-9-12-1-3-13(4-2-12)15(20)5-7-18-11-17-10-14(15)18/h1-4,10-11,16,19-20H,5-9H2. The molecule has 0 saturated heterocycles. The molecule has 5 nitrogen and oxygen atoms in total. The van der Waals surface area contributed by atoms with Crippen molar-refractivity contribution in [3.05, 3.63) is 53.6 Å². The Hall–Kier alpha value is -1.69. The third kappa shape index (κ3) is 2.24. The minimum atomic E-state index is -0.923. The summed E-state index contributed by atoms with van der Waals surface area (Å²) in [6.45, 7) is 2.25. The second-order valence-corrected chi connectivity index (χ2v) is 5.18. The van der Waals surface area contributed by atoms with E-state index in [4.69, 9.17) is 5.11 Å². The molecule has 1 aromatic carbocycles. The summed E-state index contributed by atoms with van der Waals surface area (Å²) in [5, 5.41) is 22.8. The van der Waals surface area contributed by atoms with Crippen LogP contribution in [0.5, 0.6) is 0 Å². The Morgan fingerprint density at radius 1 is 1.30 bits per heavy atom. The number of nitrogens with zero attached hydrogens (tertiary/aromatic N) is 2. The van der Waals surface area contributed by atoms with Gasteiger partial charge in [0.15, 0.2) is 0 Å². The molecule has 3 N–H and O–H groups in total. The molecule has 0 aliphatic carbocycles. The molecule has 20 heavy (non-hydrogen) atoms. The maximum Gasteiger partial charge on any atom is 0.133 e. The zero-order valence-corrected chi connectivity index (χ0v) is 11.3. The van der Waals surface area contributed by atoms with E-state index in [0.717, 1.165) is 29.9 Å². The number of aromatic nitrogens is 2. The molecule has 0 spiro atoms. The zero-order valence-electron chi connectivity index (χ0n) is 11.3. The number of aliphatic hydroxyl groups is 2. The predicted octanol–water partition coefficient (Wildman–Crippen LogP) is 0.605. The fourth-order valence-electron chi connectivity index (χ4n) is 2.76. The molecule has 0 fully saturated rings. The van der Waals surface area contributed by atoms with Crippen LogP contribution in [-0.4, -0.2) is 32.9 Å². The average Bonchev–Trinajstić information content (AvgIpc) is 3.05. The molecule has 0 amide bonds. The fraction of sp³-hybridized carbons (Fsp3) is 0.400. The summed E-state index contributed by atoms with van der Waals surface area (Å²) in [5.74, 6) is 0. The molecule has 5 heteroatoms. The third-order valence-electron chi connectivity index (χ3n) is 3.90. The van der Waals surface area contributed by atoms with Gasteiger partial charge in [0.2, 0.25) is 0 Å². The summed E-state index contributed by atoms with van der Waals surface area (Å²) in [7, 11) is 0. The predicted molar refractivity (Wildman–Crippen MR) is 75.1 cm³/mol. The highest BCUT2D eigenvalue weighted by Crippen LogP contribution is 2.38. The Bertz CT molecular complexity index is 579. The number of benzene rings is 1. The monoisotopic (exact) mass is 273 g/mol. The van der Waals surface area contributed by atoms with Gasteiger partial charge in [-0.3, -0.25) is 0 Å². The molecular weight excluding hydrogens is 254 g/mol. The first-order chi connectivity index (χ1) is 9.74. The van der Waals surface area contributed by atoms with Gasteiger partial charge in [-0.1, -0.05) is 24.3 Å². The lowest BCUT2D eigenvalue weighted by Gasteiger charge is -2.22. The van der Waals surface area contributed by atoms with Crippen LogP contribution in [0.2, 0.25) is 0 Å². The first-order valence-electron chi connectivity index (χ1n) is 6.88. The topological polar surface area (TPSA) is 70.3 Å². The first kappa shape index (κ1) is 13.3. The number of nitrogens with one attached hydrogen (secondary N) is 1. The van der Waals surface area contributed by atoms with E-state index < -0.39 is 5.60 Å². The van der Waals surface area contributed by atoms with Crippen LogP contribution in [-0.2, 0) is 18.7 Å². The molecule has 0 saturated carbocycles. The molecule has 1 aromatic heterocycles. The smallest absolute Gasteiger partial charge is 0.133 e. The molecule has 1 unspecified atom stereocenters. The molecule has 1 aliphatic rings. The van der Waals surface area contributed by atoms with Gasteiger partial charge in [-0.2, -0.15) is 0 Å². The molecule has 106 valence electrons. The summed E-state index contributed by atoms with van der Waals surface area (Å²) in [6.07, 6.45) is 4.19. The van der Waals surface area contributed by atoms with Crippen LogP contribution >= 0.6 is 0 Å². The van der Waals surface area contributed by atoms with Crippen LogP contribution in [0.4, 0.5) is 0 Å². The van der Waals surface area contributed by atoms with Crippen molar-refractivity contribution < 1.29 is 10.2 Å². The number of imidazole rings is 1. The highest BCUT2D eigenvalue weighted by Gasteiger charge is 2.38. The zero-order chi connectivity index (χ0) is 14.0. The van der Waals surface area contributed by atoms with E-state index in [9.17, 15) is 5.11 Å². The Morgan fingerprint density at radius 2 is 2.10 bits per heavy atom. The van der Waals surface area contributed by atoms with Crippen LogP contribution in [0.15, 0.2) is 36.8 Å². The van der Waals surface area contributed by atoms with Gasteiger partial charge in [0.1, 0.15) is 5.60 Å². The van der Waals surface area contributed by atoms with Gasteiger partial charge in [0, 0.05) is 26.1 Å². The molecule has 3 rings (SSSR count). The summed E-state index contributed by atoms with van der Waals surface area (Å²) in [5.41, 5.74) is 1.98. The molecule has 0 radical (unpaired) electrons. The highest BCUT2D eigenvalue weighted by molar-refractivity contribution is 5.35. The maximum atomic E-state index is 10.9. The summed E-state index contributed by atoms with van der Waals surface area (Å²) in [6, 6.07) is 7.96. The number of rotatable bonds is 5. The second-order valence-electron chi connectivity index (χ2n) is 5.18. The molecule has 1 atom stereocenters. The second kappa shape index (κ2) is 5.36. The van der Waals surface area contributed by atoms with Crippen LogP contribution in [0.1, 0.15) is 23.2 Å². The third-order valence-corrected chi connectivity index (χ3v) is 3.90. The Labute approximate surface area is 117 Å². The van der Waals surface area contributed by atoms with Crippen molar-refractivity contribution in [2.24, 2.45) is 0 Å². The van der Waals surface area contributed by atoms with E-state index in [-0.39, 0.29) is 6.61 Å². The van der Waals surface area contributed by atoms with Crippen molar-refractivity contribution >= 4 is 0 Å². The van der Waals surface area contributed by atoms with E-state index in [1.54, 1.807) is 12.5 Å². The molecule has 2 heterocycles. The lowest BCUT2D eigenvalue weighted by atomic mass is 9.89. The van der Waals surface area contributed by atoms with E-state index in [0.29, 0.717) is 13.0 Å². The van der Waals surface area contributed by atoms with Crippen LogP contribution in [0.25, 0.3) is 0 Å². The number of hydrogen-bond acceptors (Lipinski definition) is 4.